The van der Waals surface area contributed by atoms with E-state index in [1.807, 2.05) is 0 Å². The maximum atomic E-state index is 12.9. The molecule has 0 fully saturated rings. The molecule has 0 saturated heterocycles. The first-order valence-corrected chi connectivity index (χ1v) is 7.48. The van der Waals surface area contributed by atoms with E-state index >= 15 is 0 Å². The molecule has 0 saturated carbocycles. The maximum Gasteiger partial charge on any atom is 0.416 e. The van der Waals surface area contributed by atoms with Gasteiger partial charge in [-0.15, -0.1) is 0 Å². The lowest BCUT2D eigenvalue weighted by Crippen LogP contribution is -2.11. The van der Waals surface area contributed by atoms with Crippen molar-refractivity contribution >= 4 is 12.0 Å². The number of hydrogen-bond donors (Lipinski definition) is 0. The molecule has 0 aliphatic carbocycles. The van der Waals surface area contributed by atoms with Gasteiger partial charge in [-0.3, -0.25) is 0 Å². The number of esters is 1. The number of halogens is 6. The molecule has 0 aliphatic heterocycles. The van der Waals surface area contributed by atoms with E-state index in [-0.39, 0.29) is 24.2 Å². The SMILES string of the molecule is CCOC(=O)/C=C/c1ccnc(-c2cc(C(F)(F)F)cc(C(F)(F)F)c2)n1. The Labute approximate surface area is 149 Å². The van der Waals surface area contributed by atoms with Crippen LogP contribution in [0.1, 0.15) is 23.7 Å². The standard InChI is InChI=1S/C17H12F6N2O2/c1-2-27-14(26)4-3-13-5-6-24-15(25-13)10-7-11(16(18,19)20)9-12(8-10)17(21,22)23/h3-9H,2H2,1H3/b4-3+. The molecule has 0 radical (unpaired) electrons. The molecule has 1 aromatic heterocycles. The van der Waals surface area contributed by atoms with Gasteiger partial charge >= 0.3 is 18.3 Å². The Morgan fingerprint density at radius 2 is 1.67 bits per heavy atom. The minimum atomic E-state index is -4.97. The van der Waals surface area contributed by atoms with E-state index in [0.29, 0.717) is 12.1 Å². The number of alkyl halides is 6. The minimum absolute atomic E-state index is 0.0218. The second-order valence-corrected chi connectivity index (χ2v) is 5.19. The van der Waals surface area contributed by atoms with Gasteiger partial charge in [0.2, 0.25) is 0 Å². The van der Waals surface area contributed by atoms with Gasteiger partial charge in [-0.05, 0) is 37.3 Å². The van der Waals surface area contributed by atoms with Crippen molar-refractivity contribution in [1.29, 1.82) is 0 Å². The Hall–Kier alpha value is -2.91. The number of hydrogen-bond acceptors (Lipinski definition) is 4. The molecule has 0 N–H and O–H groups in total. The molecule has 1 heterocycles. The topological polar surface area (TPSA) is 52.1 Å². The van der Waals surface area contributed by atoms with Gasteiger partial charge in [-0.2, -0.15) is 26.3 Å². The van der Waals surface area contributed by atoms with E-state index in [2.05, 4.69) is 14.7 Å². The first kappa shape index (κ1) is 20.4. The highest BCUT2D eigenvalue weighted by atomic mass is 19.4. The lowest BCUT2D eigenvalue weighted by molar-refractivity contribution is -0.143. The molecule has 0 bridgehead atoms. The van der Waals surface area contributed by atoms with E-state index in [9.17, 15) is 31.1 Å². The summed E-state index contributed by atoms with van der Waals surface area (Å²) >= 11 is 0. The fourth-order valence-electron chi connectivity index (χ4n) is 2.03. The molecular formula is C17H12F6N2O2. The molecule has 144 valence electrons. The monoisotopic (exact) mass is 390 g/mol. The zero-order chi connectivity index (χ0) is 20.2. The van der Waals surface area contributed by atoms with Crippen LogP contribution in [-0.4, -0.2) is 22.5 Å². The summed E-state index contributed by atoms with van der Waals surface area (Å²) in [7, 11) is 0. The molecule has 0 amide bonds. The first-order chi connectivity index (χ1) is 12.5. The third-order valence-electron chi connectivity index (χ3n) is 3.20. The van der Waals surface area contributed by atoms with Crippen LogP contribution in [0.15, 0.2) is 36.5 Å². The molecule has 1 aromatic carbocycles. The molecule has 2 aromatic rings. The predicted molar refractivity (Wildman–Crippen MR) is 83.1 cm³/mol. The van der Waals surface area contributed by atoms with Gasteiger partial charge in [0.1, 0.15) is 0 Å². The summed E-state index contributed by atoms with van der Waals surface area (Å²) in [4.78, 5) is 18.9. The van der Waals surface area contributed by atoms with Gasteiger partial charge in [0.25, 0.3) is 0 Å². The van der Waals surface area contributed by atoms with Crippen LogP contribution in [-0.2, 0) is 21.9 Å². The highest BCUT2D eigenvalue weighted by Gasteiger charge is 2.37. The number of nitrogens with zero attached hydrogens (tertiary/aromatic N) is 2. The highest BCUT2D eigenvalue weighted by molar-refractivity contribution is 5.86. The van der Waals surface area contributed by atoms with Crippen LogP contribution in [0.25, 0.3) is 17.5 Å². The van der Waals surface area contributed by atoms with Crippen molar-refractivity contribution in [2.45, 2.75) is 19.3 Å². The Bertz CT molecular complexity index is 827. The zero-order valence-electron chi connectivity index (χ0n) is 13.7. The van der Waals surface area contributed by atoms with Crippen LogP contribution in [0.2, 0.25) is 0 Å². The Morgan fingerprint density at radius 3 is 2.19 bits per heavy atom. The van der Waals surface area contributed by atoms with Crippen molar-refractivity contribution in [3.8, 4) is 11.4 Å². The van der Waals surface area contributed by atoms with Crippen LogP contribution in [0.5, 0.6) is 0 Å². The number of carbonyl (C=O) groups is 1. The minimum Gasteiger partial charge on any atom is -0.463 e. The van der Waals surface area contributed by atoms with Gasteiger partial charge in [0, 0.05) is 17.8 Å². The Kier molecular flexibility index (Phi) is 5.87. The molecule has 4 nitrogen and oxygen atoms in total. The molecule has 0 aliphatic rings. The van der Waals surface area contributed by atoms with Crippen molar-refractivity contribution in [3.05, 3.63) is 53.4 Å². The number of ether oxygens (including phenoxy) is 1. The summed E-state index contributed by atoms with van der Waals surface area (Å²) in [6, 6.07) is 2.42. The van der Waals surface area contributed by atoms with Crippen LogP contribution in [0.3, 0.4) is 0 Å². The average Bonchev–Trinajstić information content (AvgIpc) is 2.58. The van der Waals surface area contributed by atoms with Crippen molar-refractivity contribution < 1.29 is 35.9 Å². The number of aromatic nitrogens is 2. The summed E-state index contributed by atoms with van der Waals surface area (Å²) in [6.45, 7) is 1.74. The van der Waals surface area contributed by atoms with E-state index in [1.165, 1.54) is 12.1 Å². The third kappa shape index (κ3) is 5.53. The summed E-state index contributed by atoms with van der Waals surface area (Å²) < 4.78 is 82.3. The van der Waals surface area contributed by atoms with Gasteiger partial charge in [-0.25, -0.2) is 14.8 Å². The fraction of sp³-hybridized carbons (Fsp3) is 0.235. The van der Waals surface area contributed by atoms with Crippen LogP contribution in [0.4, 0.5) is 26.3 Å². The van der Waals surface area contributed by atoms with Gasteiger partial charge in [0.15, 0.2) is 5.82 Å². The lowest BCUT2D eigenvalue weighted by Gasteiger charge is -2.13. The number of rotatable bonds is 4. The third-order valence-corrected chi connectivity index (χ3v) is 3.20. The Balaban J connectivity index is 2.48. The molecule has 0 unspecified atom stereocenters. The molecule has 0 atom stereocenters. The lowest BCUT2D eigenvalue weighted by atomic mass is 10.0. The van der Waals surface area contributed by atoms with E-state index < -0.39 is 35.0 Å². The largest absolute Gasteiger partial charge is 0.463 e. The van der Waals surface area contributed by atoms with Gasteiger partial charge < -0.3 is 4.74 Å². The highest BCUT2D eigenvalue weighted by Crippen LogP contribution is 2.38. The second kappa shape index (κ2) is 7.77. The number of carbonyl (C=O) groups excluding carboxylic acids is 1. The Morgan fingerprint density at radius 1 is 1.07 bits per heavy atom. The van der Waals surface area contributed by atoms with Gasteiger partial charge in [0.05, 0.1) is 23.4 Å². The summed E-state index contributed by atoms with van der Waals surface area (Å²) in [5.41, 5.74) is -3.28. The van der Waals surface area contributed by atoms with Crippen LogP contribution >= 0.6 is 0 Å². The van der Waals surface area contributed by atoms with Gasteiger partial charge in [-0.1, -0.05) is 0 Å². The molecule has 0 spiro atoms. The summed E-state index contributed by atoms with van der Waals surface area (Å²) in [5.74, 6) is -1.02. The number of benzene rings is 1. The van der Waals surface area contributed by atoms with Crippen molar-refractivity contribution in [3.63, 3.8) is 0 Å². The molecule has 27 heavy (non-hydrogen) atoms. The van der Waals surface area contributed by atoms with Crippen molar-refractivity contribution in [2.75, 3.05) is 6.61 Å². The molecular weight excluding hydrogens is 378 g/mol. The summed E-state index contributed by atoms with van der Waals surface area (Å²) in [6.07, 6.45) is -6.56. The van der Waals surface area contributed by atoms with Crippen molar-refractivity contribution in [2.24, 2.45) is 0 Å². The van der Waals surface area contributed by atoms with E-state index in [4.69, 9.17) is 0 Å². The fourth-order valence-corrected chi connectivity index (χ4v) is 2.03. The zero-order valence-corrected chi connectivity index (χ0v) is 13.7. The van der Waals surface area contributed by atoms with Crippen LogP contribution in [0, 0.1) is 0 Å². The maximum absolute atomic E-state index is 12.9. The molecule has 10 heteroatoms. The quantitative estimate of drug-likeness (QED) is 0.429. The second-order valence-electron chi connectivity index (χ2n) is 5.19. The van der Waals surface area contributed by atoms with Crippen molar-refractivity contribution in [1.82, 2.24) is 9.97 Å². The normalized spacial score (nSPS) is 12.4. The first-order valence-electron chi connectivity index (χ1n) is 7.48. The smallest absolute Gasteiger partial charge is 0.416 e. The van der Waals surface area contributed by atoms with E-state index in [1.54, 1.807) is 6.92 Å². The molecule has 2 rings (SSSR count). The predicted octanol–water partition coefficient (Wildman–Crippen LogP) is 4.76. The van der Waals surface area contributed by atoms with E-state index in [0.717, 1.165) is 12.3 Å². The summed E-state index contributed by atoms with van der Waals surface area (Å²) in [5, 5.41) is 0. The average molecular weight is 390 g/mol. The van der Waals surface area contributed by atoms with Crippen LogP contribution < -0.4 is 0 Å².